The third-order valence-corrected chi connectivity index (χ3v) is 9.13. The van der Waals surface area contributed by atoms with Gasteiger partial charge < -0.3 is 0 Å². The van der Waals surface area contributed by atoms with E-state index in [-0.39, 0.29) is 7.92 Å². The van der Waals surface area contributed by atoms with E-state index in [1.807, 2.05) is 24.5 Å². The summed E-state index contributed by atoms with van der Waals surface area (Å²) < 4.78 is 0. The molecule has 2 aliphatic rings. The van der Waals surface area contributed by atoms with Gasteiger partial charge in [0.05, 0.1) is 11.4 Å². The van der Waals surface area contributed by atoms with Crippen LogP contribution >= 0.6 is 7.92 Å². The maximum atomic E-state index is 4.76. The first kappa shape index (κ1) is 16.9. The number of hydrogen-bond donors (Lipinski definition) is 0. The average Bonchev–Trinajstić information content (AvgIpc) is 3.37. The fourth-order valence-corrected chi connectivity index (χ4v) is 8.36. The fourth-order valence-electron chi connectivity index (χ4n) is 4.45. The summed E-state index contributed by atoms with van der Waals surface area (Å²) in [6.07, 6.45) is 17.5. The molecule has 0 unspecified atom stereocenters. The van der Waals surface area contributed by atoms with Crippen molar-refractivity contribution in [3.05, 3.63) is 60.2 Å². The largest absolute Gasteiger partial charge is 0.257 e. The van der Waals surface area contributed by atoms with Crippen molar-refractivity contribution >= 4 is 19.3 Å². The molecule has 0 bridgehead atoms. The molecule has 3 heteroatoms. The molecule has 2 aromatic heterocycles. The van der Waals surface area contributed by atoms with Gasteiger partial charge in [-0.25, -0.2) is 0 Å². The van der Waals surface area contributed by atoms with Gasteiger partial charge in [-0.15, -0.1) is 0 Å². The topological polar surface area (TPSA) is 25.8 Å². The number of nitrogens with zero attached hydrogens (tertiary/aromatic N) is 2. The summed E-state index contributed by atoms with van der Waals surface area (Å²) in [7, 11) is -0.168. The summed E-state index contributed by atoms with van der Waals surface area (Å²) in [6.45, 7) is 0. The molecule has 0 spiro atoms. The molecular weight excluding hydrogens is 323 g/mol. The summed E-state index contributed by atoms with van der Waals surface area (Å²) in [4.78, 5) is 9.34. The van der Waals surface area contributed by atoms with Gasteiger partial charge in [0.15, 0.2) is 0 Å². The zero-order valence-electron chi connectivity index (χ0n) is 14.8. The van der Waals surface area contributed by atoms with Crippen LogP contribution in [0.3, 0.4) is 0 Å². The summed E-state index contributed by atoms with van der Waals surface area (Å²) >= 11 is 0. The third-order valence-electron chi connectivity index (χ3n) is 5.61. The Bertz CT molecular complexity index is 670. The lowest BCUT2D eigenvalue weighted by atomic mass is 10.2. The van der Waals surface area contributed by atoms with Crippen LogP contribution in [0.15, 0.2) is 48.8 Å². The molecule has 4 rings (SSSR count). The highest BCUT2D eigenvalue weighted by molar-refractivity contribution is 7.70. The zero-order valence-corrected chi connectivity index (χ0v) is 15.7. The first-order valence-corrected chi connectivity index (χ1v) is 11.2. The molecule has 0 radical (unpaired) electrons. The lowest BCUT2D eigenvalue weighted by molar-refractivity contribution is 0.836. The molecule has 0 saturated heterocycles. The van der Waals surface area contributed by atoms with Gasteiger partial charge in [-0.05, 0) is 67.3 Å². The Balaban J connectivity index is 1.77. The van der Waals surface area contributed by atoms with Crippen molar-refractivity contribution in [2.75, 3.05) is 0 Å². The molecular formula is C22H27N2P. The van der Waals surface area contributed by atoms with E-state index < -0.39 is 0 Å². The third kappa shape index (κ3) is 4.01. The molecule has 2 heterocycles. The van der Waals surface area contributed by atoms with E-state index in [9.17, 15) is 0 Å². The molecule has 2 aromatic rings. The van der Waals surface area contributed by atoms with E-state index in [0.29, 0.717) is 0 Å². The Morgan fingerprint density at radius 1 is 0.800 bits per heavy atom. The van der Waals surface area contributed by atoms with Crippen molar-refractivity contribution < 1.29 is 0 Å². The average molecular weight is 350 g/mol. The molecule has 0 aromatic carbocycles. The first-order valence-electron chi connectivity index (χ1n) is 9.74. The van der Waals surface area contributed by atoms with Crippen LogP contribution in [0.1, 0.15) is 62.8 Å². The predicted octanol–water partition coefficient (Wildman–Crippen LogP) is 6.34. The van der Waals surface area contributed by atoms with Crippen LogP contribution in [0.5, 0.6) is 0 Å². The zero-order chi connectivity index (χ0) is 16.9. The highest BCUT2D eigenvalue weighted by atomic mass is 31.1. The van der Waals surface area contributed by atoms with E-state index in [1.165, 1.54) is 62.4 Å². The van der Waals surface area contributed by atoms with Crippen LogP contribution in [0.2, 0.25) is 0 Å². The predicted molar refractivity (Wildman–Crippen MR) is 108 cm³/mol. The van der Waals surface area contributed by atoms with Gasteiger partial charge in [-0.2, -0.15) is 0 Å². The van der Waals surface area contributed by atoms with Crippen LogP contribution in [-0.2, 0) is 0 Å². The first-order chi connectivity index (χ1) is 12.4. The SMILES string of the molecule is C(=C(c1ccccn1)P(C1CCCC1)C1CCCC1)c1ccccn1. The van der Waals surface area contributed by atoms with Crippen molar-refractivity contribution in [3.8, 4) is 0 Å². The van der Waals surface area contributed by atoms with Gasteiger partial charge in [0.2, 0.25) is 0 Å². The van der Waals surface area contributed by atoms with Crippen molar-refractivity contribution in [1.82, 2.24) is 9.97 Å². The minimum atomic E-state index is -0.168. The van der Waals surface area contributed by atoms with Crippen molar-refractivity contribution in [2.45, 2.75) is 62.7 Å². The van der Waals surface area contributed by atoms with E-state index in [1.54, 1.807) is 0 Å². The summed E-state index contributed by atoms with van der Waals surface area (Å²) in [5.74, 6) is 0. The summed E-state index contributed by atoms with van der Waals surface area (Å²) in [5, 5.41) is 1.49. The second kappa shape index (κ2) is 8.23. The second-order valence-corrected chi connectivity index (χ2v) is 10.0. The normalized spacial score (nSPS) is 19.8. The lowest BCUT2D eigenvalue weighted by Crippen LogP contribution is -2.12. The summed E-state index contributed by atoms with van der Waals surface area (Å²) in [5.41, 5.74) is 4.02. The number of rotatable bonds is 5. The van der Waals surface area contributed by atoms with Gasteiger partial charge in [0, 0.05) is 17.7 Å². The minimum Gasteiger partial charge on any atom is -0.257 e. The van der Waals surface area contributed by atoms with Gasteiger partial charge in [0.1, 0.15) is 0 Å². The van der Waals surface area contributed by atoms with Crippen molar-refractivity contribution in [2.24, 2.45) is 0 Å². The number of aromatic nitrogens is 2. The minimum absolute atomic E-state index is 0.168. The van der Waals surface area contributed by atoms with Gasteiger partial charge in [-0.3, -0.25) is 9.97 Å². The van der Waals surface area contributed by atoms with Crippen molar-refractivity contribution in [3.63, 3.8) is 0 Å². The molecule has 2 fully saturated rings. The fraction of sp³-hybridized carbons (Fsp3) is 0.455. The van der Waals surface area contributed by atoms with Crippen molar-refractivity contribution in [1.29, 1.82) is 0 Å². The van der Waals surface area contributed by atoms with E-state index in [2.05, 4.69) is 35.3 Å². The Hall–Kier alpha value is -1.53. The maximum absolute atomic E-state index is 4.76. The molecule has 0 aliphatic heterocycles. The molecule has 0 atom stereocenters. The van der Waals surface area contributed by atoms with E-state index in [0.717, 1.165) is 17.0 Å². The number of pyridine rings is 2. The smallest absolute Gasteiger partial charge is 0.0707 e. The molecule has 2 aliphatic carbocycles. The van der Waals surface area contributed by atoms with E-state index >= 15 is 0 Å². The molecule has 2 saturated carbocycles. The lowest BCUT2D eigenvalue weighted by Gasteiger charge is -2.32. The molecule has 25 heavy (non-hydrogen) atoms. The molecule has 0 N–H and O–H groups in total. The van der Waals surface area contributed by atoms with Gasteiger partial charge in [-0.1, -0.05) is 45.7 Å². The van der Waals surface area contributed by atoms with Crippen LogP contribution in [0.4, 0.5) is 0 Å². The highest BCUT2D eigenvalue weighted by Gasteiger charge is 2.35. The quantitative estimate of drug-likeness (QED) is 0.588. The Morgan fingerprint density at radius 3 is 1.92 bits per heavy atom. The Labute approximate surface area is 152 Å². The maximum Gasteiger partial charge on any atom is 0.0707 e. The molecule has 130 valence electrons. The van der Waals surface area contributed by atoms with Gasteiger partial charge in [0.25, 0.3) is 0 Å². The van der Waals surface area contributed by atoms with Gasteiger partial charge >= 0.3 is 0 Å². The number of hydrogen-bond acceptors (Lipinski definition) is 2. The molecule has 2 nitrogen and oxygen atoms in total. The van der Waals surface area contributed by atoms with Crippen LogP contribution in [0.25, 0.3) is 11.4 Å². The monoisotopic (exact) mass is 350 g/mol. The Kier molecular flexibility index (Phi) is 5.57. The standard InChI is InChI=1S/C22H27N2P/c1-2-11-19(10-1)25(20-12-3-4-13-20)22(21-14-6-8-16-24-21)17-18-9-5-7-15-23-18/h5-9,14-17,19-20H,1-4,10-13H2. The summed E-state index contributed by atoms with van der Waals surface area (Å²) in [6, 6.07) is 12.6. The second-order valence-electron chi connectivity index (χ2n) is 7.28. The highest BCUT2D eigenvalue weighted by Crippen LogP contribution is 2.65. The van der Waals surface area contributed by atoms with Crippen LogP contribution in [0, 0.1) is 0 Å². The Morgan fingerprint density at radius 2 is 1.40 bits per heavy atom. The van der Waals surface area contributed by atoms with Crippen LogP contribution < -0.4 is 0 Å². The van der Waals surface area contributed by atoms with Crippen LogP contribution in [-0.4, -0.2) is 21.3 Å². The molecule has 0 amide bonds. The van der Waals surface area contributed by atoms with E-state index in [4.69, 9.17) is 4.98 Å².